The van der Waals surface area contributed by atoms with E-state index in [4.69, 9.17) is 0 Å². The Morgan fingerprint density at radius 2 is 2.28 bits per heavy atom. The van der Waals surface area contributed by atoms with Gasteiger partial charge in [0.05, 0.1) is 17.9 Å². The largest absolute Gasteiger partial charge is 0.408 e. The van der Waals surface area contributed by atoms with Gasteiger partial charge in [-0.15, -0.1) is 11.3 Å². The molecule has 0 saturated heterocycles. The quantitative estimate of drug-likeness (QED) is 0.922. The number of aromatic nitrogens is 2. The maximum absolute atomic E-state index is 12.2. The highest BCUT2D eigenvalue weighted by Crippen LogP contribution is 2.23. The lowest BCUT2D eigenvalue weighted by molar-refractivity contribution is -0.142. The maximum atomic E-state index is 12.2. The number of halogens is 3. The van der Waals surface area contributed by atoms with Crippen molar-refractivity contribution in [1.82, 2.24) is 9.78 Å². The van der Waals surface area contributed by atoms with Crippen LogP contribution in [0.2, 0.25) is 0 Å². The van der Waals surface area contributed by atoms with Crippen LogP contribution in [0.25, 0.3) is 0 Å². The van der Waals surface area contributed by atoms with Crippen LogP contribution in [0, 0.1) is 0 Å². The van der Waals surface area contributed by atoms with Gasteiger partial charge in [-0.05, 0) is 18.4 Å². The summed E-state index contributed by atoms with van der Waals surface area (Å²) in [5.41, 5.74) is 0.583. The predicted molar refractivity (Wildman–Crippen MR) is 64.6 cm³/mol. The van der Waals surface area contributed by atoms with Gasteiger partial charge in [0.2, 0.25) is 0 Å². The number of anilines is 1. The highest BCUT2D eigenvalue weighted by Gasteiger charge is 2.28. The van der Waals surface area contributed by atoms with E-state index in [2.05, 4.69) is 10.4 Å². The molecule has 0 radical (unpaired) electrons. The van der Waals surface area contributed by atoms with E-state index in [0.29, 0.717) is 5.69 Å². The van der Waals surface area contributed by atoms with Gasteiger partial charge in [0.25, 0.3) is 0 Å². The average molecular weight is 275 g/mol. The summed E-state index contributed by atoms with van der Waals surface area (Å²) in [5.74, 6) is 0. The van der Waals surface area contributed by atoms with Crippen LogP contribution in [0.3, 0.4) is 0 Å². The Morgan fingerprint density at radius 3 is 2.89 bits per heavy atom. The highest BCUT2D eigenvalue weighted by molar-refractivity contribution is 7.10. The molecule has 0 aliphatic carbocycles. The molecule has 2 heterocycles. The molecule has 0 fully saturated rings. The zero-order chi connectivity index (χ0) is 13.2. The van der Waals surface area contributed by atoms with Crippen molar-refractivity contribution >= 4 is 17.0 Å². The first-order valence-electron chi connectivity index (χ1n) is 5.33. The monoisotopic (exact) mass is 275 g/mol. The van der Waals surface area contributed by atoms with E-state index >= 15 is 0 Å². The summed E-state index contributed by atoms with van der Waals surface area (Å²) in [4.78, 5) is 1.12. The van der Waals surface area contributed by atoms with E-state index < -0.39 is 12.7 Å². The maximum Gasteiger partial charge on any atom is 0.408 e. The van der Waals surface area contributed by atoms with Crippen LogP contribution in [0.1, 0.15) is 17.8 Å². The molecule has 18 heavy (non-hydrogen) atoms. The molecule has 2 aromatic rings. The second-order valence-electron chi connectivity index (χ2n) is 3.92. The summed E-state index contributed by atoms with van der Waals surface area (Å²) in [6.45, 7) is 0.884. The summed E-state index contributed by atoms with van der Waals surface area (Å²) in [6.07, 6.45) is -1.49. The van der Waals surface area contributed by atoms with Crippen LogP contribution in [-0.4, -0.2) is 16.0 Å². The minimum atomic E-state index is -4.25. The molecule has 0 bridgehead atoms. The number of rotatable bonds is 4. The SMILES string of the molecule is C[C@@H](Nc1cnn(CC(F)(F)F)c1)c1cccs1. The number of nitrogens with one attached hydrogen (secondary N) is 1. The Hall–Kier alpha value is -1.50. The van der Waals surface area contributed by atoms with E-state index in [9.17, 15) is 13.2 Å². The van der Waals surface area contributed by atoms with Crippen LogP contribution in [-0.2, 0) is 6.54 Å². The smallest absolute Gasteiger partial charge is 0.375 e. The molecule has 98 valence electrons. The first kappa shape index (κ1) is 12.9. The normalized spacial score (nSPS) is 13.6. The fourth-order valence-electron chi connectivity index (χ4n) is 1.57. The van der Waals surface area contributed by atoms with E-state index in [1.54, 1.807) is 11.3 Å². The molecule has 0 amide bonds. The summed E-state index contributed by atoms with van der Waals surface area (Å²) in [7, 11) is 0. The summed E-state index contributed by atoms with van der Waals surface area (Å²) >= 11 is 1.60. The van der Waals surface area contributed by atoms with Crippen molar-refractivity contribution in [2.24, 2.45) is 0 Å². The van der Waals surface area contributed by atoms with Crippen molar-refractivity contribution in [1.29, 1.82) is 0 Å². The van der Waals surface area contributed by atoms with Gasteiger partial charge >= 0.3 is 6.18 Å². The van der Waals surface area contributed by atoms with Gasteiger partial charge in [0.1, 0.15) is 6.54 Å². The van der Waals surface area contributed by atoms with Crippen molar-refractivity contribution in [3.05, 3.63) is 34.8 Å². The van der Waals surface area contributed by atoms with Gasteiger partial charge in [-0.3, -0.25) is 4.68 Å². The predicted octanol–water partition coefficient (Wildman–Crippen LogP) is 3.68. The first-order valence-corrected chi connectivity index (χ1v) is 6.21. The molecule has 0 spiro atoms. The topological polar surface area (TPSA) is 29.9 Å². The van der Waals surface area contributed by atoms with Crippen molar-refractivity contribution < 1.29 is 13.2 Å². The molecular weight excluding hydrogens is 263 g/mol. The fourth-order valence-corrected chi connectivity index (χ4v) is 2.30. The van der Waals surface area contributed by atoms with Crippen LogP contribution >= 0.6 is 11.3 Å². The van der Waals surface area contributed by atoms with E-state index in [1.807, 2.05) is 24.4 Å². The minimum absolute atomic E-state index is 0.0496. The zero-order valence-electron chi connectivity index (χ0n) is 9.61. The Balaban J connectivity index is 1.98. The third kappa shape index (κ3) is 3.49. The first-order chi connectivity index (χ1) is 8.44. The molecule has 3 nitrogen and oxygen atoms in total. The molecule has 0 saturated carbocycles. The van der Waals surface area contributed by atoms with E-state index in [-0.39, 0.29) is 6.04 Å². The summed E-state index contributed by atoms with van der Waals surface area (Å²) in [6, 6.07) is 3.96. The Bertz CT molecular complexity index is 490. The molecule has 0 aromatic carbocycles. The third-order valence-corrected chi connectivity index (χ3v) is 3.38. The Morgan fingerprint density at radius 1 is 1.50 bits per heavy atom. The summed E-state index contributed by atoms with van der Waals surface area (Å²) < 4.78 is 37.3. The molecule has 1 atom stereocenters. The zero-order valence-corrected chi connectivity index (χ0v) is 10.4. The van der Waals surface area contributed by atoms with Gasteiger partial charge in [0, 0.05) is 11.1 Å². The molecular formula is C11H12F3N3S. The van der Waals surface area contributed by atoms with Crippen molar-refractivity contribution in [2.45, 2.75) is 25.7 Å². The Labute approximate surface area is 106 Å². The van der Waals surface area contributed by atoms with Crippen LogP contribution < -0.4 is 5.32 Å². The van der Waals surface area contributed by atoms with Crippen LogP contribution in [0.15, 0.2) is 29.9 Å². The highest BCUT2D eigenvalue weighted by atomic mass is 32.1. The van der Waals surface area contributed by atoms with Gasteiger partial charge in [-0.2, -0.15) is 18.3 Å². The van der Waals surface area contributed by atoms with Gasteiger partial charge in [-0.1, -0.05) is 6.07 Å². The number of thiophene rings is 1. The average Bonchev–Trinajstić information content (AvgIpc) is 2.86. The van der Waals surface area contributed by atoms with Gasteiger partial charge in [0.15, 0.2) is 0 Å². The van der Waals surface area contributed by atoms with Crippen molar-refractivity contribution in [3.8, 4) is 0 Å². The van der Waals surface area contributed by atoms with Gasteiger partial charge < -0.3 is 5.32 Å². The fraction of sp³-hybridized carbons (Fsp3) is 0.364. The van der Waals surface area contributed by atoms with E-state index in [0.717, 1.165) is 9.56 Å². The molecule has 0 aliphatic rings. The molecule has 2 aromatic heterocycles. The molecule has 2 rings (SSSR count). The number of hydrogen-bond donors (Lipinski definition) is 1. The number of hydrogen-bond acceptors (Lipinski definition) is 3. The second kappa shape index (κ2) is 5.01. The Kier molecular flexibility index (Phi) is 3.60. The lowest BCUT2D eigenvalue weighted by Crippen LogP contribution is -2.17. The van der Waals surface area contributed by atoms with E-state index in [1.165, 1.54) is 12.4 Å². The van der Waals surface area contributed by atoms with Crippen molar-refractivity contribution in [2.75, 3.05) is 5.32 Å². The molecule has 0 aliphatic heterocycles. The van der Waals surface area contributed by atoms with Crippen molar-refractivity contribution in [3.63, 3.8) is 0 Å². The molecule has 7 heteroatoms. The van der Waals surface area contributed by atoms with Crippen LogP contribution in [0.5, 0.6) is 0 Å². The number of alkyl halides is 3. The lowest BCUT2D eigenvalue weighted by atomic mass is 10.3. The standard InChI is InChI=1S/C11H12F3N3S/c1-8(10-3-2-4-18-10)16-9-5-15-17(6-9)7-11(12,13)14/h2-6,8,16H,7H2,1H3/t8-/m1/s1. The summed E-state index contributed by atoms with van der Waals surface area (Å²) in [5, 5.41) is 8.74. The minimum Gasteiger partial charge on any atom is -0.375 e. The van der Waals surface area contributed by atoms with Crippen LogP contribution in [0.4, 0.5) is 18.9 Å². The lowest BCUT2D eigenvalue weighted by Gasteiger charge is -2.11. The van der Waals surface area contributed by atoms with Gasteiger partial charge in [-0.25, -0.2) is 0 Å². The molecule has 0 unspecified atom stereocenters. The molecule has 1 N–H and O–H groups in total. The second-order valence-corrected chi connectivity index (χ2v) is 4.90. The number of nitrogens with zero attached hydrogens (tertiary/aromatic N) is 2. The third-order valence-electron chi connectivity index (χ3n) is 2.33.